The summed E-state index contributed by atoms with van der Waals surface area (Å²) >= 11 is 6.17. The smallest absolute Gasteiger partial charge is 0.255 e. The predicted octanol–water partition coefficient (Wildman–Crippen LogP) is 1.98. The lowest BCUT2D eigenvalue weighted by atomic mass is 10.1. The molecule has 2 heterocycles. The number of hydrogen-bond acceptors (Lipinski definition) is 3. The fraction of sp³-hybridized carbons (Fsp3) is 0.333. The minimum absolute atomic E-state index is 0.0726. The van der Waals surface area contributed by atoms with Gasteiger partial charge in [0.15, 0.2) is 0 Å². The van der Waals surface area contributed by atoms with E-state index in [-0.39, 0.29) is 17.5 Å². The molecule has 126 valence electrons. The first-order valence-electron chi connectivity index (χ1n) is 7.98. The van der Waals surface area contributed by atoms with Gasteiger partial charge >= 0.3 is 0 Å². The first-order valence-corrected chi connectivity index (χ1v) is 8.36. The summed E-state index contributed by atoms with van der Waals surface area (Å²) in [4.78, 5) is 26.5. The van der Waals surface area contributed by atoms with Crippen LogP contribution in [0.1, 0.15) is 22.3 Å². The number of pyridine rings is 1. The highest BCUT2D eigenvalue weighted by atomic mass is 35.5. The highest BCUT2D eigenvalue weighted by Gasteiger charge is 2.24. The fourth-order valence-electron chi connectivity index (χ4n) is 2.93. The Morgan fingerprint density at radius 1 is 1.33 bits per heavy atom. The lowest BCUT2D eigenvalue weighted by Gasteiger charge is -2.24. The molecule has 1 fully saturated rings. The van der Waals surface area contributed by atoms with E-state index >= 15 is 0 Å². The SMILES string of the molecule is CN(C(=O)c1ccc(=O)n(Cc2ccccc2Cl)c1)C1CCNC1. The van der Waals surface area contributed by atoms with E-state index in [0.29, 0.717) is 17.1 Å². The van der Waals surface area contributed by atoms with Gasteiger partial charge in [-0.25, -0.2) is 0 Å². The summed E-state index contributed by atoms with van der Waals surface area (Å²) in [6, 6.07) is 10.6. The topological polar surface area (TPSA) is 54.3 Å². The number of hydrogen-bond donors (Lipinski definition) is 1. The van der Waals surface area contributed by atoms with Crippen molar-refractivity contribution in [3.05, 3.63) is 69.1 Å². The number of aromatic nitrogens is 1. The van der Waals surface area contributed by atoms with E-state index < -0.39 is 0 Å². The van der Waals surface area contributed by atoms with Crippen molar-refractivity contribution < 1.29 is 4.79 Å². The van der Waals surface area contributed by atoms with Crippen LogP contribution in [0.2, 0.25) is 5.02 Å². The molecule has 0 bridgehead atoms. The largest absolute Gasteiger partial charge is 0.337 e. The summed E-state index contributed by atoms with van der Waals surface area (Å²) < 4.78 is 1.52. The van der Waals surface area contributed by atoms with Crippen molar-refractivity contribution in [3.8, 4) is 0 Å². The van der Waals surface area contributed by atoms with Gasteiger partial charge in [-0.15, -0.1) is 0 Å². The van der Waals surface area contributed by atoms with Crippen LogP contribution in [-0.2, 0) is 6.54 Å². The molecule has 1 N–H and O–H groups in total. The average Bonchev–Trinajstić information content (AvgIpc) is 3.12. The summed E-state index contributed by atoms with van der Waals surface area (Å²) in [5, 5.41) is 3.86. The minimum Gasteiger partial charge on any atom is -0.337 e. The Morgan fingerprint density at radius 3 is 2.83 bits per heavy atom. The first kappa shape index (κ1) is 16.7. The summed E-state index contributed by atoms with van der Waals surface area (Å²) in [5.41, 5.74) is 1.20. The van der Waals surface area contributed by atoms with Crippen LogP contribution >= 0.6 is 11.6 Å². The van der Waals surface area contributed by atoms with E-state index in [0.717, 1.165) is 25.1 Å². The van der Waals surface area contributed by atoms with Crippen molar-refractivity contribution in [2.24, 2.45) is 0 Å². The van der Waals surface area contributed by atoms with Gasteiger partial charge in [-0.1, -0.05) is 29.8 Å². The zero-order valence-electron chi connectivity index (χ0n) is 13.5. The number of halogens is 1. The first-order chi connectivity index (χ1) is 11.6. The second-order valence-electron chi connectivity index (χ2n) is 6.04. The van der Waals surface area contributed by atoms with Crippen LogP contribution in [-0.4, -0.2) is 41.6 Å². The van der Waals surface area contributed by atoms with Crippen LogP contribution in [0.5, 0.6) is 0 Å². The predicted molar refractivity (Wildman–Crippen MR) is 94.6 cm³/mol. The zero-order chi connectivity index (χ0) is 17.1. The number of nitrogens with one attached hydrogen (secondary N) is 1. The lowest BCUT2D eigenvalue weighted by molar-refractivity contribution is 0.0743. The molecule has 1 saturated heterocycles. The van der Waals surface area contributed by atoms with Crippen molar-refractivity contribution in [2.75, 3.05) is 20.1 Å². The van der Waals surface area contributed by atoms with Gasteiger partial charge in [0, 0.05) is 36.9 Å². The van der Waals surface area contributed by atoms with E-state index in [1.165, 1.54) is 10.6 Å². The highest BCUT2D eigenvalue weighted by molar-refractivity contribution is 6.31. The third-order valence-electron chi connectivity index (χ3n) is 4.43. The van der Waals surface area contributed by atoms with Gasteiger partial charge in [-0.3, -0.25) is 9.59 Å². The van der Waals surface area contributed by atoms with E-state index in [1.54, 1.807) is 23.2 Å². The zero-order valence-corrected chi connectivity index (χ0v) is 14.3. The summed E-state index contributed by atoms with van der Waals surface area (Å²) in [7, 11) is 1.81. The molecule has 1 atom stereocenters. The van der Waals surface area contributed by atoms with Gasteiger partial charge in [0.2, 0.25) is 0 Å². The number of carbonyl (C=O) groups excluding carboxylic acids is 1. The van der Waals surface area contributed by atoms with Gasteiger partial charge in [0.1, 0.15) is 0 Å². The molecule has 5 nitrogen and oxygen atoms in total. The van der Waals surface area contributed by atoms with Crippen LogP contribution in [0, 0.1) is 0 Å². The van der Waals surface area contributed by atoms with E-state index in [9.17, 15) is 9.59 Å². The number of likely N-dealkylation sites (N-methyl/N-ethyl adjacent to an activating group) is 1. The number of benzene rings is 1. The molecule has 1 aromatic heterocycles. The minimum atomic E-state index is -0.156. The Hall–Kier alpha value is -2.11. The van der Waals surface area contributed by atoms with Gasteiger partial charge in [0.25, 0.3) is 11.5 Å². The molecule has 2 aromatic rings. The van der Waals surface area contributed by atoms with E-state index in [2.05, 4.69) is 5.32 Å². The quantitative estimate of drug-likeness (QED) is 0.922. The van der Waals surface area contributed by atoms with Crippen molar-refractivity contribution in [1.82, 2.24) is 14.8 Å². The Labute approximate surface area is 145 Å². The molecule has 0 radical (unpaired) electrons. The Kier molecular flexibility index (Phi) is 5.02. The van der Waals surface area contributed by atoms with Crippen molar-refractivity contribution in [1.29, 1.82) is 0 Å². The van der Waals surface area contributed by atoms with E-state index in [4.69, 9.17) is 11.6 Å². The van der Waals surface area contributed by atoms with Gasteiger partial charge in [-0.05, 0) is 30.7 Å². The Balaban J connectivity index is 1.84. The molecule has 1 aromatic carbocycles. The third-order valence-corrected chi connectivity index (χ3v) is 4.80. The van der Waals surface area contributed by atoms with Gasteiger partial charge < -0.3 is 14.8 Å². The third kappa shape index (κ3) is 3.52. The van der Waals surface area contributed by atoms with Crippen LogP contribution < -0.4 is 10.9 Å². The second kappa shape index (κ2) is 7.20. The molecule has 1 amide bonds. The molecule has 1 unspecified atom stereocenters. The normalized spacial score (nSPS) is 17.0. The number of amides is 1. The molecule has 24 heavy (non-hydrogen) atoms. The number of rotatable bonds is 4. The van der Waals surface area contributed by atoms with Gasteiger partial charge in [0.05, 0.1) is 12.1 Å². The highest BCUT2D eigenvalue weighted by Crippen LogP contribution is 2.16. The monoisotopic (exact) mass is 345 g/mol. The standard InChI is InChI=1S/C18H20ClN3O2/c1-21(15-8-9-20-10-15)18(24)14-6-7-17(23)22(12-14)11-13-4-2-3-5-16(13)19/h2-7,12,15,20H,8-11H2,1H3. The Bertz CT molecular complexity index is 797. The van der Waals surface area contributed by atoms with Crippen LogP contribution in [0.15, 0.2) is 47.4 Å². The molecule has 3 rings (SSSR count). The molecule has 1 aliphatic heterocycles. The second-order valence-corrected chi connectivity index (χ2v) is 6.45. The molecular weight excluding hydrogens is 326 g/mol. The molecule has 0 aliphatic carbocycles. The summed E-state index contributed by atoms with van der Waals surface area (Å²) in [6.45, 7) is 2.07. The van der Waals surface area contributed by atoms with Crippen LogP contribution in [0.4, 0.5) is 0 Å². The van der Waals surface area contributed by atoms with Crippen LogP contribution in [0.25, 0.3) is 0 Å². The molecule has 1 aliphatic rings. The molecule has 0 saturated carbocycles. The Morgan fingerprint density at radius 2 is 2.12 bits per heavy atom. The van der Waals surface area contributed by atoms with Crippen molar-refractivity contribution in [2.45, 2.75) is 19.0 Å². The molecule has 6 heteroatoms. The maximum absolute atomic E-state index is 12.7. The maximum atomic E-state index is 12.7. The summed E-state index contributed by atoms with van der Waals surface area (Å²) in [5.74, 6) is -0.0726. The number of carbonyl (C=O) groups is 1. The fourth-order valence-corrected chi connectivity index (χ4v) is 3.13. The van der Waals surface area contributed by atoms with Crippen molar-refractivity contribution >= 4 is 17.5 Å². The van der Waals surface area contributed by atoms with Crippen molar-refractivity contribution in [3.63, 3.8) is 0 Å². The maximum Gasteiger partial charge on any atom is 0.255 e. The lowest BCUT2D eigenvalue weighted by Crippen LogP contribution is -2.38. The summed E-state index contributed by atoms with van der Waals surface area (Å²) in [6.07, 6.45) is 2.56. The van der Waals surface area contributed by atoms with Gasteiger partial charge in [-0.2, -0.15) is 0 Å². The average molecular weight is 346 g/mol. The molecule has 0 spiro atoms. The van der Waals surface area contributed by atoms with Crippen LogP contribution in [0.3, 0.4) is 0 Å². The molecular formula is C18H20ClN3O2. The number of nitrogens with zero attached hydrogens (tertiary/aromatic N) is 2. The van der Waals surface area contributed by atoms with E-state index in [1.807, 2.05) is 25.2 Å².